The monoisotopic (exact) mass is 332 g/mol. The maximum absolute atomic E-state index is 11.8. The first kappa shape index (κ1) is 16.5. The molecule has 0 aromatic rings. The van der Waals surface area contributed by atoms with Crippen LogP contribution in [0.4, 0.5) is 4.79 Å². The molecule has 0 aromatic heterocycles. The van der Waals surface area contributed by atoms with E-state index in [0.717, 1.165) is 30.5 Å². The van der Waals surface area contributed by atoms with E-state index in [0.29, 0.717) is 5.92 Å². The first-order chi connectivity index (χ1) is 8.67. The third kappa shape index (κ3) is 6.43. The predicted molar refractivity (Wildman–Crippen MR) is 81.4 cm³/mol. The van der Waals surface area contributed by atoms with E-state index in [2.05, 4.69) is 39.6 Å². The highest BCUT2D eigenvalue weighted by Gasteiger charge is 2.28. The van der Waals surface area contributed by atoms with Gasteiger partial charge in [0.25, 0.3) is 0 Å². The first-order valence-corrected chi connectivity index (χ1v) is 7.52. The van der Waals surface area contributed by atoms with Crippen molar-refractivity contribution >= 4 is 22.0 Å². The third-order valence-corrected chi connectivity index (χ3v) is 3.34. The SMILES string of the molecule is C=C(Br)CN1CC[C@@H](NC(=O)OC(C)(C)C)[C@@H](C)C1. The van der Waals surface area contributed by atoms with Gasteiger partial charge in [-0.3, -0.25) is 4.90 Å². The molecule has 0 aromatic carbocycles. The van der Waals surface area contributed by atoms with Gasteiger partial charge in [0.05, 0.1) is 0 Å². The lowest BCUT2D eigenvalue weighted by Crippen LogP contribution is -2.51. The van der Waals surface area contributed by atoms with Crippen molar-refractivity contribution in [3.05, 3.63) is 11.1 Å². The lowest BCUT2D eigenvalue weighted by atomic mass is 9.94. The van der Waals surface area contributed by atoms with Crippen LogP contribution < -0.4 is 5.32 Å². The summed E-state index contributed by atoms with van der Waals surface area (Å²) >= 11 is 3.39. The summed E-state index contributed by atoms with van der Waals surface area (Å²) in [6, 6.07) is 0.190. The average molecular weight is 333 g/mol. The molecule has 110 valence electrons. The molecule has 1 heterocycles. The van der Waals surface area contributed by atoms with E-state index in [1.165, 1.54) is 0 Å². The number of nitrogens with zero attached hydrogens (tertiary/aromatic N) is 1. The fourth-order valence-corrected chi connectivity index (χ4v) is 2.65. The van der Waals surface area contributed by atoms with Gasteiger partial charge in [0.1, 0.15) is 5.60 Å². The van der Waals surface area contributed by atoms with Crippen molar-refractivity contribution in [2.75, 3.05) is 19.6 Å². The Labute approximate surface area is 124 Å². The maximum Gasteiger partial charge on any atom is 0.407 e. The summed E-state index contributed by atoms with van der Waals surface area (Å²) in [5.41, 5.74) is -0.443. The van der Waals surface area contributed by atoms with Crippen LogP contribution in [0.1, 0.15) is 34.1 Å². The molecule has 1 fully saturated rings. The zero-order chi connectivity index (χ0) is 14.6. The average Bonchev–Trinajstić information content (AvgIpc) is 2.18. The van der Waals surface area contributed by atoms with Crippen molar-refractivity contribution in [1.82, 2.24) is 10.2 Å². The van der Waals surface area contributed by atoms with E-state index in [9.17, 15) is 4.79 Å². The van der Waals surface area contributed by atoms with Crippen molar-refractivity contribution in [3.8, 4) is 0 Å². The second kappa shape index (κ2) is 6.75. The third-order valence-electron chi connectivity index (χ3n) is 3.09. The topological polar surface area (TPSA) is 41.6 Å². The molecule has 0 spiro atoms. The zero-order valence-electron chi connectivity index (χ0n) is 12.3. The van der Waals surface area contributed by atoms with Crippen molar-refractivity contribution < 1.29 is 9.53 Å². The fourth-order valence-electron chi connectivity index (χ4n) is 2.29. The molecule has 1 aliphatic rings. The molecule has 1 amide bonds. The summed E-state index contributed by atoms with van der Waals surface area (Å²) in [5, 5.41) is 2.98. The molecule has 2 atom stereocenters. The van der Waals surface area contributed by atoms with Crippen molar-refractivity contribution in [2.24, 2.45) is 5.92 Å². The number of halogens is 1. The standard InChI is InChI=1S/C14H25BrN2O2/c1-10-8-17(9-11(2)15)7-6-12(10)16-13(18)19-14(3,4)5/h10,12H,2,6-9H2,1,3-5H3,(H,16,18)/t10-,12+/m0/s1. The summed E-state index contributed by atoms with van der Waals surface area (Å²) in [7, 11) is 0. The minimum atomic E-state index is -0.443. The number of piperidine rings is 1. The van der Waals surface area contributed by atoms with Gasteiger partial charge in [0.15, 0.2) is 0 Å². The van der Waals surface area contributed by atoms with Crippen molar-refractivity contribution in [1.29, 1.82) is 0 Å². The number of nitrogens with one attached hydrogen (secondary N) is 1. The molecular weight excluding hydrogens is 308 g/mol. The van der Waals surface area contributed by atoms with E-state index in [4.69, 9.17) is 4.74 Å². The molecule has 0 bridgehead atoms. The van der Waals surface area contributed by atoms with E-state index in [-0.39, 0.29) is 12.1 Å². The molecule has 0 aliphatic carbocycles. The fraction of sp³-hybridized carbons (Fsp3) is 0.786. The molecule has 1 N–H and O–H groups in total. The molecular formula is C14H25BrN2O2. The van der Waals surface area contributed by atoms with Gasteiger partial charge in [-0.1, -0.05) is 29.4 Å². The number of ether oxygens (including phenoxy) is 1. The van der Waals surface area contributed by atoms with E-state index in [1.54, 1.807) is 0 Å². The Morgan fingerprint density at radius 3 is 2.63 bits per heavy atom. The van der Waals surface area contributed by atoms with E-state index in [1.807, 2.05) is 20.8 Å². The first-order valence-electron chi connectivity index (χ1n) is 6.72. The number of carbonyl (C=O) groups excluding carboxylic acids is 1. The van der Waals surface area contributed by atoms with Crippen LogP contribution in [0.15, 0.2) is 11.1 Å². The van der Waals surface area contributed by atoms with Crippen LogP contribution in [0.3, 0.4) is 0 Å². The highest BCUT2D eigenvalue weighted by molar-refractivity contribution is 9.11. The summed E-state index contributed by atoms with van der Waals surface area (Å²) in [6.45, 7) is 14.4. The van der Waals surface area contributed by atoms with Crippen LogP contribution in [0, 0.1) is 5.92 Å². The van der Waals surface area contributed by atoms with Crippen LogP contribution >= 0.6 is 15.9 Å². The molecule has 0 radical (unpaired) electrons. The van der Waals surface area contributed by atoms with Gasteiger partial charge >= 0.3 is 6.09 Å². The predicted octanol–water partition coefficient (Wildman–Crippen LogP) is 3.13. The van der Waals surface area contributed by atoms with Crippen LogP contribution in [0.5, 0.6) is 0 Å². The van der Waals surface area contributed by atoms with Gasteiger partial charge in [-0.15, -0.1) is 0 Å². The lowest BCUT2D eigenvalue weighted by Gasteiger charge is -2.37. The minimum absolute atomic E-state index is 0.190. The molecule has 19 heavy (non-hydrogen) atoms. The molecule has 0 unspecified atom stereocenters. The van der Waals surface area contributed by atoms with Gasteiger partial charge < -0.3 is 10.1 Å². The lowest BCUT2D eigenvalue weighted by molar-refractivity contribution is 0.0448. The Kier molecular flexibility index (Phi) is 5.86. The normalized spacial score (nSPS) is 24.9. The van der Waals surface area contributed by atoms with Gasteiger partial charge in [0.2, 0.25) is 0 Å². The molecule has 1 rings (SSSR count). The molecule has 1 aliphatic heterocycles. The Hall–Kier alpha value is -0.550. The Balaban J connectivity index is 2.41. The zero-order valence-corrected chi connectivity index (χ0v) is 13.9. The van der Waals surface area contributed by atoms with Gasteiger partial charge in [-0.2, -0.15) is 0 Å². The second-order valence-corrected chi connectivity index (χ2v) is 7.39. The summed E-state index contributed by atoms with van der Waals surface area (Å²) in [5.74, 6) is 0.410. The van der Waals surface area contributed by atoms with Gasteiger partial charge in [-0.05, 0) is 33.1 Å². The van der Waals surface area contributed by atoms with E-state index < -0.39 is 5.60 Å². The van der Waals surface area contributed by atoms with E-state index >= 15 is 0 Å². The summed E-state index contributed by atoms with van der Waals surface area (Å²) in [6.07, 6.45) is 0.628. The van der Waals surface area contributed by atoms with Crippen LogP contribution in [-0.2, 0) is 4.74 Å². The second-order valence-electron chi connectivity index (χ2n) is 6.27. The summed E-state index contributed by atoms with van der Waals surface area (Å²) < 4.78 is 6.29. The highest BCUT2D eigenvalue weighted by Crippen LogP contribution is 2.19. The van der Waals surface area contributed by atoms with Gasteiger partial charge in [0, 0.05) is 30.2 Å². The smallest absolute Gasteiger partial charge is 0.407 e. The van der Waals surface area contributed by atoms with Crippen LogP contribution in [-0.4, -0.2) is 42.3 Å². The number of hydrogen-bond donors (Lipinski definition) is 1. The van der Waals surface area contributed by atoms with Crippen LogP contribution in [0.2, 0.25) is 0 Å². The largest absolute Gasteiger partial charge is 0.444 e. The molecule has 4 nitrogen and oxygen atoms in total. The number of likely N-dealkylation sites (tertiary alicyclic amines) is 1. The molecule has 1 saturated heterocycles. The summed E-state index contributed by atoms with van der Waals surface area (Å²) in [4.78, 5) is 14.1. The number of amides is 1. The minimum Gasteiger partial charge on any atom is -0.444 e. The highest BCUT2D eigenvalue weighted by atomic mass is 79.9. The number of carbonyl (C=O) groups is 1. The van der Waals surface area contributed by atoms with Gasteiger partial charge in [-0.25, -0.2) is 4.79 Å². The number of hydrogen-bond acceptors (Lipinski definition) is 3. The number of alkyl carbamates (subject to hydrolysis) is 1. The van der Waals surface area contributed by atoms with Crippen molar-refractivity contribution in [3.63, 3.8) is 0 Å². The number of rotatable bonds is 3. The Morgan fingerprint density at radius 2 is 2.16 bits per heavy atom. The van der Waals surface area contributed by atoms with Crippen LogP contribution in [0.25, 0.3) is 0 Å². The Morgan fingerprint density at radius 1 is 1.53 bits per heavy atom. The quantitative estimate of drug-likeness (QED) is 0.863. The molecule has 0 saturated carbocycles. The van der Waals surface area contributed by atoms with Crippen molar-refractivity contribution in [2.45, 2.75) is 45.8 Å². The Bertz CT molecular complexity index is 339. The maximum atomic E-state index is 11.8. The molecule has 5 heteroatoms.